The fourth-order valence-electron chi connectivity index (χ4n) is 3.88. The van der Waals surface area contributed by atoms with Crippen molar-refractivity contribution in [1.82, 2.24) is 10.6 Å². The molecule has 9 heteroatoms. The Morgan fingerprint density at radius 1 is 1.11 bits per heavy atom. The summed E-state index contributed by atoms with van der Waals surface area (Å²) in [6, 6.07) is 5.35. The molecule has 3 rings (SSSR count). The first-order valence-corrected chi connectivity index (χ1v) is 11.5. The molecule has 2 saturated carbocycles. The van der Waals surface area contributed by atoms with Crippen molar-refractivity contribution in [3.63, 3.8) is 0 Å². The molecule has 4 atom stereocenters. The van der Waals surface area contributed by atoms with Gasteiger partial charge in [0, 0.05) is 18.2 Å². The number of sulfone groups is 1. The first-order chi connectivity index (χ1) is 13.2. The molecule has 2 fully saturated rings. The minimum Gasteiger partial charge on any atom is -0.493 e. The van der Waals surface area contributed by atoms with Crippen LogP contribution in [0.4, 0.5) is 4.79 Å². The molecular weight excluding hydrogens is 384 g/mol. The van der Waals surface area contributed by atoms with E-state index in [-0.39, 0.29) is 29.5 Å². The molecule has 0 bridgehead atoms. The number of carbonyl (C=O) groups excluding carboxylic acids is 1. The van der Waals surface area contributed by atoms with Crippen molar-refractivity contribution in [1.29, 1.82) is 0 Å². The Balaban J connectivity index is 1.50. The zero-order valence-corrected chi connectivity index (χ0v) is 16.7. The SMILES string of the molecule is CS(=O)(=O)c1ccc(OC[C@H]2C[C@@H](NC(=O)NC3CCCC3)[C@H](O)[C@@H]2O)cc1. The van der Waals surface area contributed by atoms with E-state index >= 15 is 0 Å². The van der Waals surface area contributed by atoms with Gasteiger partial charge in [-0.25, -0.2) is 13.2 Å². The molecule has 2 aliphatic rings. The summed E-state index contributed by atoms with van der Waals surface area (Å²) in [5.41, 5.74) is 0. The highest BCUT2D eigenvalue weighted by Crippen LogP contribution is 2.28. The van der Waals surface area contributed by atoms with Gasteiger partial charge >= 0.3 is 6.03 Å². The summed E-state index contributed by atoms with van der Waals surface area (Å²) >= 11 is 0. The Kier molecular flexibility index (Phi) is 6.47. The Morgan fingerprint density at radius 3 is 2.36 bits per heavy atom. The smallest absolute Gasteiger partial charge is 0.315 e. The number of nitrogens with one attached hydrogen (secondary N) is 2. The normalized spacial score (nSPS) is 28.2. The summed E-state index contributed by atoms with van der Waals surface area (Å²) in [5.74, 6) is 0.130. The number of urea groups is 1. The van der Waals surface area contributed by atoms with Crippen molar-refractivity contribution in [2.24, 2.45) is 5.92 Å². The second-order valence-electron chi connectivity index (χ2n) is 7.74. The largest absolute Gasteiger partial charge is 0.493 e. The molecule has 4 N–H and O–H groups in total. The lowest BCUT2D eigenvalue weighted by atomic mass is 10.1. The standard InChI is InChI=1S/C19H28N2O6S/c1-28(25,26)15-8-6-14(7-9-15)27-11-12-10-16(18(23)17(12)22)21-19(24)20-13-4-2-3-5-13/h6-9,12-13,16-18,22-23H,2-5,10-11H2,1H3,(H2,20,21,24)/t12-,16-,17-,18+/m1/s1. The molecular formula is C19H28N2O6S. The predicted molar refractivity (Wildman–Crippen MR) is 103 cm³/mol. The van der Waals surface area contributed by atoms with Gasteiger partial charge < -0.3 is 25.6 Å². The van der Waals surface area contributed by atoms with Crippen LogP contribution in [0.25, 0.3) is 0 Å². The topological polar surface area (TPSA) is 125 Å². The Labute approximate surface area is 165 Å². The second-order valence-corrected chi connectivity index (χ2v) is 9.75. The van der Waals surface area contributed by atoms with Crippen molar-refractivity contribution in [3.05, 3.63) is 24.3 Å². The van der Waals surface area contributed by atoms with Crippen molar-refractivity contribution >= 4 is 15.9 Å². The first-order valence-electron chi connectivity index (χ1n) is 9.60. The summed E-state index contributed by atoms with van der Waals surface area (Å²) < 4.78 is 28.6. The third-order valence-corrected chi connectivity index (χ3v) is 6.65. The lowest BCUT2D eigenvalue weighted by Gasteiger charge is -2.20. The number of hydrogen-bond donors (Lipinski definition) is 4. The van der Waals surface area contributed by atoms with E-state index in [1.165, 1.54) is 12.1 Å². The van der Waals surface area contributed by atoms with Crippen LogP contribution in [-0.2, 0) is 9.84 Å². The molecule has 0 radical (unpaired) electrons. The number of amides is 2. The van der Waals surface area contributed by atoms with Crippen LogP contribution in [0, 0.1) is 5.92 Å². The van der Waals surface area contributed by atoms with Crippen molar-refractivity contribution in [2.45, 2.75) is 61.3 Å². The third-order valence-electron chi connectivity index (χ3n) is 5.52. The van der Waals surface area contributed by atoms with E-state index in [4.69, 9.17) is 4.74 Å². The van der Waals surface area contributed by atoms with E-state index < -0.39 is 28.1 Å². The van der Waals surface area contributed by atoms with Crippen LogP contribution in [0.15, 0.2) is 29.2 Å². The maximum atomic E-state index is 12.1. The summed E-state index contributed by atoms with van der Waals surface area (Å²) in [7, 11) is -3.27. The van der Waals surface area contributed by atoms with Crippen LogP contribution < -0.4 is 15.4 Å². The predicted octanol–water partition coefficient (Wildman–Crippen LogP) is 0.821. The lowest BCUT2D eigenvalue weighted by molar-refractivity contribution is 0.00327. The number of carbonyl (C=O) groups is 1. The van der Waals surface area contributed by atoms with Gasteiger partial charge in [0.2, 0.25) is 0 Å². The van der Waals surface area contributed by atoms with Gasteiger partial charge in [0.25, 0.3) is 0 Å². The molecule has 28 heavy (non-hydrogen) atoms. The van der Waals surface area contributed by atoms with Gasteiger partial charge in [-0.15, -0.1) is 0 Å². The van der Waals surface area contributed by atoms with Crippen molar-refractivity contribution in [2.75, 3.05) is 12.9 Å². The number of aliphatic hydroxyl groups excluding tert-OH is 2. The second kappa shape index (κ2) is 8.67. The Hall–Kier alpha value is -1.84. The van der Waals surface area contributed by atoms with E-state index in [0.717, 1.165) is 31.9 Å². The number of rotatable bonds is 6. The number of hydrogen-bond acceptors (Lipinski definition) is 6. The molecule has 0 heterocycles. The Morgan fingerprint density at radius 2 is 1.75 bits per heavy atom. The van der Waals surface area contributed by atoms with Crippen LogP contribution in [0.3, 0.4) is 0 Å². The highest BCUT2D eigenvalue weighted by Gasteiger charge is 2.42. The summed E-state index contributed by atoms with van der Waals surface area (Å²) in [4.78, 5) is 12.3. The summed E-state index contributed by atoms with van der Waals surface area (Å²) in [6.45, 7) is 0.152. The molecule has 1 aromatic rings. The molecule has 0 aromatic heterocycles. The van der Waals surface area contributed by atoms with E-state index in [9.17, 15) is 23.4 Å². The van der Waals surface area contributed by atoms with Crippen LogP contribution in [0.5, 0.6) is 5.75 Å². The quantitative estimate of drug-likeness (QED) is 0.548. The van der Waals surface area contributed by atoms with Gasteiger partial charge in [0.15, 0.2) is 9.84 Å². The minimum atomic E-state index is -3.27. The molecule has 0 unspecified atom stereocenters. The molecule has 0 aliphatic heterocycles. The monoisotopic (exact) mass is 412 g/mol. The van der Waals surface area contributed by atoms with Gasteiger partial charge in [-0.1, -0.05) is 12.8 Å². The number of benzene rings is 1. The molecule has 0 spiro atoms. The number of ether oxygens (including phenoxy) is 1. The van der Waals surface area contributed by atoms with E-state index in [1.807, 2.05) is 0 Å². The van der Waals surface area contributed by atoms with Crippen LogP contribution in [0.1, 0.15) is 32.1 Å². The van der Waals surface area contributed by atoms with Crippen LogP contribution in [-0.4, -0.2) is 61.8 Å². The molecule has 8 nitrogen and oxygen atoms in total. The molecule has 2 aliphatic carbocycles. The average molecular weight is 413 g/mol. The lowest BCUT2D eigenvalue weighted by Crippen LogP contribution is -2.49. The van der Waals surface area contributed by atoms with Gasteiger partial charge in [-0.2, -0.15) is 0 Å². The Bertz CT molecular complexity index is 776. The minimum absolute atomic E-state index is 0.152. The zero-order valence-electron chi connectivity index (χ0n) is 15.9. The van der Waals surface area contributed by atoms with Gasteiger partial charge in [-0.3, -0.25) is 0 Å². The maximum Gasteiger partial charge on any atom is 0.315 e. The van der Waals surface area contributed by atoms with Gasteiger partial charge in [-0.05, 0) is 43.5 Å². The highest BCUT2D eigenvalue weighted by molar-refractivity contribution is 7.90. The molecule has 0 saturated heterocycles. The van der Waals surface area contributed by atoms with Crippen molar-refractivity contribution in [3.8, 4) is 5.75 Å². The molecule has 2 amide bonds. The van der Waals surface area contributed by atoms with E-state index in [0.29, 0.717) is 12.2 Å². The highest BCUT2D eigenvalue weighted by atomic mass is 32.2. The maximum absolute atomic E-state index is 12.1. The fourth-order valence-corrected chi connectivity index (χ4v) is 4.52. The molecule has 156 valence electrons. The summed E-state index contributed by atoms with van der Waals surface area (Å²) in [5, 5.41) is 26.2. The zero-order chi connectivity index (χ0) is 20.3. The average Bonchev–Trinajstić information content (AvgIpc) is 3.23. The van der Waals surface area contributed by atoms with Crippen LogP contribution in [0.2, 0.25) is 0 Å². The van der Waals surface area contributed by atoms with Gasteiger partial charge in [0.05, 0.1) is 23.6 Å². The van der Waals surface area contributed by atoms with Crippen molar-refractivity contribution < 1.29 is 28.2 Å². The summed E-state index contributed by atoms with van der Waals surface area (Å²) in [6.07, 6.45) is 3.62. The first kappa shape index (κ1) is 20.9. The number of aliphatic hydroxyl groups is 2. The van der Waals surface area contributed by atoms with Crippen LogP contribution >= 0.6 is 0 Å². The van der Waals surface area contributed by atoms with E-state index in [1.54, 1.807) is 12.1 Å². The third kappa shape index (κ3) is 5.15. The van der Waals surface area contributed by atoms with E-state index in [2.05, 4.69) is 10.6 Å². The molecule has 1 aromatic carbocycles. The fraction of sp³-hybridized carbons (Fsp3) is 0.632. The van der Waals surface area contributed by atoms with Gasteiger partial charge in [0.1, 0.15) is 11.9 Å².